The summed E-state index contributed by atoms with van der Waals surface area (Å²) in [5.41, 5.74) is 3.74. The lowest BCUT2D eigenvalue weighted by molar-refractivity contribution is -0.139. The SMILES string of the molecule is COc1cc(/C=C(\C#N)c2nc3ccc(C)cc3[nH]2)cc(Br)c1OCC(=O)O. The van der Waals surface area contributed by atoms with Crippen molar-refractivity contribution in [3.8, 4) is 17.6 Å². The van der Waals surface area contributed by atoms with Gasteiger partial charge in [0.1, 0.15) is 11.9 Å². The fourth-order valence-corrected chi connectivity index (χ4v) is 3.24. The van der Waals surface area contributed by atoms with Crippen LogP contribution in [0.3, 0.4) is 0 Å². The molecular weight excluding hydrogens is 426 g/mol. The molecule has 0 atom stereocenters. The van der Waals surface area contributed by atoms with E-state index < -0.39 is 12.6 Å². The number of hydrogen-bond donors (Lipinski definition) is 2. The van der Waals surface area contributed by atoms with Gasteiger partial charge in [-0.3, -0.25) is 0 Å². The first-order valence-corrected chi connectivity index (χ1v) is 9.01. The van der Waals surface area contributed by atoms with Crippen LogP contribution in [0.5, 0.6) is 11.5 Å². The van der Waals surface area contributed by atoms with E-state index in [-0.39, 0.29) is 5.75 Å². The van der Waals surface area contributed by atoms with E-state index in [2.05, 4.69) is 32.0 Å². The number of nitrogens with zero attached hydrogens (tertiary/aromatic N) is 2. The molecule has 1 aromatic heterocycles. The molecule has 0 unspecified atom stereocenters. The van der Waals surface area contributed by atoms with Gasteiger partial charge in [-0.05, 0) is 64.3 Å². The molecule has 28 heavy (non-hydrogen) atoms. The summed E-state index contributed by atoms with van der Waals surface area (Å²) in [7, 11) is 1.45. The molecule has 0 bridgehead atoms. The molecule has 142 valence electrons. The number of carbonyl (C=O) groups is 1. The van der Waals surface area contributed by atoms with Crippen LogP contribution in [0.1, 0.15) is 17.0 Å². The van der Waals surface area contributed by atoms with Gasteiger partial charge in [-0.15, -0.1) is 0 Å². The van der Waals surface area contributed by atoms with Crippen LogP contribution < -0.4 is 9.47 Å². The van der Waals surface area contributed by atoms with Crippen LogP contribution in [0.15, 0.2) is 34.8 Å². The summed E-state index contributed by atoms with van der Waals surface area (Å²) in [6.07, 6.45) is 1.67. The number of aliphatic carboxylic acids is 1. The van der Waals surface area contributed by atoms with Gasteiger partial charge in [-0.2, -0.15) is 5.26 Å². The number of carboxylic acid groups (broad SMARTS) is 1. The second-order valence-electron chi connectivity index (χ2n) is 5.99. The van der Waals surface area contributed by atoms with Crippen LogP contribution in [0, 0.1) is 18.3 Å². The number of rotatable bonds is 6. The monoisotopic (exact) mass is 441 g/mol. The highest BCUT2D eigenvalue weighted by atomic mass is 79.9. The standard InChI is InChI=1S/C20H16BrN3O4/c1-11-3-4-15-16(5-11)24-20(23-15)13(9-22)6-12-7-14(21)19(17(8-12)27-2)28-10-18(25)26/h3-8H,10H2,1-2H3,(H,23,24)(H,25,26)/b13-6+. The molecule has 0 saturated heterocycles. The Hall–Kier alpha value is -3.31. The largest absolute Gasteiger partial charge is 0.493 e. The van der Waals surface area contributed by atoms with E-state index in [0.717, 1.165) is 16.6 Å². The third kappa shape index (κ3) is 4.15. The number of benzene rings is 2. The highest BCUT2D eigenvalue weighted by Crippen LogP contribution is 2.37. The number of methoxy groups -OCH3 is 1. The van der Waals surface area contributed by atoms with Crippen LogP contribution >= 0.6 is 15.9 Å². The minimum atomic E-state index is -1.09. The van der Waals surface area contributed by atoms with Gasteiger partial charge in [-0.1, -0.05) is 6.07 Å². The smallest absolute Gasteiger partial charge is 0.341 e. The quantitative estimate of drug-likeness (QED) is 0.555. The maximum absolute atomic E-state index is 10.7. The number of carboxylic acids is 1. The van der Waals surface area contributed by atoms with Crippen LogP contribution in [-0.4, -0.2) is 34.8 Å². The molecule has 0 fully saturated rings. The molecule has 2 aromatic carbocycles. The summed E-state index contributed by atoms with van der Waals surface area (Å²) in [6, 6.07) is 11.4. The van der Waals surface area contributed by atoms with Crippen molar-refractivity contribution >= 4 is 44.6 Å². The zero-order chi connectivity index (χ0) is 20.3. The molecule has 3 rings (SSSR count). The van der Waals surface area contributed by atoms with Crippen molar-refractivity contribution in [1.82, 2.24) is 9.97 Å². The lowest BCUT2D eigenvalue weighted by atomic mass is 10.1. The predicted octanol–water partition coefficient (Wildman–Crippen LogP) is 4.17. The third-order valence-electron chi connectivity index (χ3n) is 3.92. The number of fused-ring (bicyclic) bond motifs is 1. The maximum Gasteiger partial charge on any atom is 0.341 e. The summed E-state index contributed by atoms with van der Waals surface area (Å²) in [5, 5.41) is 18.4. The number of nitrogens with one attached hydrogen (secondary N) is 1. The highest BCUT2D eigenvalue weighted by Gasteiger charge is 2.14. The minimum absolute atomic E-state index is 0.278. The first-order valence-electron chi connectivity index (χ1n) is 8.22. The Morgan fingerprint density at radius 3 is 2.86 bits per heavy atom. The van der Waals surface area contributed by atoms with Gasteiger partial charge in [-0.25, -0.2) is 9.78 Å². The molecular formula is C20H16BrN3O4. The molecule has 0 aliphatic rings. The summed E-state index contributed by atoms with van der Waals surface area (Å²) in [4.78, 5) is 18.4. The van der Waals surface area contributed by atoms with Gasteiger partial charge in [0.2, 0.25) is 0 Å². The van der Waals surface area contributed by atoms with E-state index in [0.29, 0.717) is 27.2 Å². The highest BCUT2D eigenvalue weighted by molar-refractivity contribution is 9.10. The number of halogens is 1. The average molecular weight is 442 g/mol. The van der Waals surface area contributed by atoms with Gasteiger partial charge in [0.25, 0.3) is 0 Å². The number of H-pyrrole nitrogens is 1. The fourth-order valence-electron chi connectivity index (χ4n) is 2.67. The molecule has 0 aliphatic carbocycles. The lowest BCUT2D eigenvalue weighted by Gasteiger charge is -2.12. The van der Waals surface area contributed by atoms with E-state index in [1.165, 1.54) is 7.11 Å². The normalized spacial score (nSPS) is 11.3. The summed E-state index contributed by atoms with van der Waals surface area (Å²) >= 11 is 3.36. The molecule has 8 heteroatoms. The number of hydrogen-bond acceptors (Lipinski definition) is 5. The third-order valence-corrected chi connectivity index (χ3v) is 4.50. The van der Waals surface area contributed by atoms with Crippen molar-refractivity contribution in [3.63, 3.8) is 0 Å². The number of aromatic nitrogens is 2. The molecule has 0 amide bonds. The van der Waals surface area contributed by atoms with Crippen molar-refractivity contribution in [2.45, 2.75) is 6.92 Å². The number of allylic oxidation sites excluding steroid dienone is 1. The Labute approximate surface area is 169 Å². The zero-order valence-electron chi connectivity index (χ0n) is 15.1. The summed E-state index contributed by atoms with van der Waals surface area (Å²) < 4.78 is 11.1. The Kier molecular flexibility index (Phi) is 5.66. The Bertz CT molecular complexity index is 1130. The Balaban J connectivity index is 2.00. The topological polar surface area (TPSA) is 108 Å². The van der Waals surface area contributed by atoms with Crippen molar-refractivity contribution < 1.29 is 19.4 Å². The molecule has 0 saturated carbocycles. The molecule has 2 N–H and O–H groups in total. The molecule has 1 heterocycles. The average Bonchev–Trinajstić information content (AvgIpc) is 3.07. The summed E-state index contributed by atoms with van der Waals surface area (Å²) in [5.74, 6) is -0.00614. The van der Waals surface area contributed by atoms with Crippen molar-refractivity contribution in [2.24, 2.45) is 0 Å². The first-order chi connectivity index (χ1) is 13.4. The van der Waals surface area contributed by atoms with E-state index in [1.807, 2.05) is 25.1 Å². The van der Waals surface area contributed by atoms with Crippen LogP contribution in [0.4, 0.5) is 0 Å². The number of ether oxygens (including phenoxy) is 2. The predicted molar refractivity (Wildman–Crippen MR) is 108 cm³/mol. The van der Waals surface area contributed by atoms with Crippen LogP contribution in [0.25, 0.3) is 22.7 Å². The van der Waals surface area contributed by atoms with E-state index >= 15 is 0 Å². The van der Waals surface area contributed by atoms with Gasteiger partial charge >= 0.3 is 5.97 Å². The summed E-state index contributed by atoms with van der Waals surface area (Å²) in [6.45, 7) is 1.49. The van der Waals surface area contributed by atoms with E-state index in [9.17, 15) is 10.1 Å². The first kappa shape index (κ1) is 19.5. The minimum Gasteiger partial charge on any atom is -0.493 e. The Morgan fingerprint density at radius 1 is 1.39 bits per heavy atom. The fraction of sp³-hybridized carbons (Fsp3) is 0.150. The second kappa shape index (κ2) is 8.15. The molecule has 0 spiro atoms. The number of aryl methyl sites for hydroxylation is 1. The van der Waals surface area contributed by atoms with E-state index in [4.69, 9.17) is 14.6 Å². The van der Waals surface area contributed by atoms with Crippen molar-refractivity contribution in [3.05, 3.63) is 51.8 Å². The van der Waals surface area contributed by atoms with Crippen LogP contribution in [0.2, 0.25) is 0 Å². The molecule has 0 aliphatic heterocycles. The number of nitriles is 1. The van der Waals surface area contributed by atoms with Gasteiger partial charge < -0.3 is 19.6 Å². The van der Waals surface area contributed by atoms with Gasteiger partial charge in [0, 0.05) is 0 Å². The van der Waals surface area contributed by atoms with Gasteiger partial charge in [0.15, 0.2) is 18.1 Å². The van der Waals surface area contributed by atoms with Crippen molar-refractivity contribution in [1.29, 1.82) is 5.26 Å². The van der Waals surface area contributed by atoms with E-state index in [1.54, 1.807) is 18.2 Å². The van der Waals surface area contributed by atoms with Gasteiger partial charge in [0.05, 0.1) is 28.2 Å². The molecule has 7 nitrogen and oxygen atoms in total. The number of imidazole rings is 1. The maximum atomic E-state index is 10.7. The Morgan fingerprint density at radius 2 is 2.18 bits per heavy atom. The van der Waals surface area contributed by atoms with Crippen molar-refractivity contribution in [2.75, 3.05) is 13.7 Å². The molecule has 0 radical (unpaired) electrons. The number of aromatic amines is 1. The molecule has 3 aromatic rings. The second-order valence-corrected chi connectivity index (χ2v) is 6.85. The lowest BCUT2D eigenvalue weighted by Crippen LogP contribution is -2.10. The van der Waals surface area contributed by atoms with Crippen LogP contribution in [-0.2, 0) is 4.79 Å². The zero-order valence-corrected chi connectivity index (χ0v) is 16.7.